The summed E-state index contributed by atoms with van der Waals surface area (Å²) in [4.78, 5) is 28.4. The third-order valence-electron chi connectivity index (χ3n) is 1.86. The molecule has 0 amide bonds. The molecule has 0 aromatic heterocycles. The van der Waals surface area contributed by atoms with E-state index in [1.54, 1.807) is 6.92 Å². The molecule has 0 radical (unpaired) electrons. The molecule has 0 aliphatic heterocycles. The maximum absolute atomic E-state index is 11.1. The lowest BCUT2D eigenvalue weighted by Crippen LogP contribution is -2.09. The van der Waals surface area contributed by atoms with E-state index in [0.717, 1.165) is 6.42 Å². The Morgan fingerprint density at radius 1 is 1.47 bits per heavy atom. The first-order chi connectivity index (χ1) is 6.85. The van der Waals surface area contributed by atoms with Gasteiger partial charge in [0, 0.05) is 6.42 Å². The van der Waals surface area contributed by atoms with E-state index in [4.69, 9.17) is 14.5 Å². The van der Waals surface area contributed by atoms with Crippen molar-refractivity contribution in [2.45, 2.75) is 33.1 Å². The summed E-state index contributed by atoms with van der Waals surface area (Å²) in [6, 6.07) is 0. The molecule has 0 aliphatic rings. The van der Waals surface area contributed by atoms with E-state index in [1.165, 1.54) is 0 Å². The highest BCUT2D eigenvalue weighted by Crippen LogP contribution is 2.37. The van der Waals surface area contributed by atoms with Crippen LogP contribution in [0.1, 0.15) is 33.1 Å². The van der Waals surface area contributed by atoms with Gasteiger partial charge >= 0.3 is 13.6 Å². The fourth-order valence-electron chi connectivity index (χ4n) is 1.15. The second-order valence-electron chi connectivity index (χ2n) is 3.71. The lowest BCUT2D eigenvalue weighted by Gasteiger charge is -2.11. The number of carbonyl (C=O) groups is 1. The molecule has 0 saturated heterocycles. The number of hydrogen-bond donors (Lipinski definition) is 2. The molecule has 1 unspecified atom stereocenters. The summed E-state index contributed by atoms with van der Waals surface area (Å²) in [7, 11) is -3.96. The molecule has 15 heavy (non-hydrogen) atoms. The summed E-state index contributed by atoms with van der Waals surface area (Å²) >= 11 is 0. The minimum absolute atomic E-state index is 0.167. The molecule has 1 atom stereocenters. The van der Waals surface area contributed by atoms with E-state index in [9.17, 15) is 9.36 Å². The molecule has 5 nitrogen and oxygen atoms in total. The van der Waals surface area contributed by atoms with Gasteiger partial charge in [-0.1, -0.05) is 13.8 Å². The average molecular weight is 238 g/mol. The fourth-order valence-corrected chi connectivity index (χ4v) is 2.14. The van der Waals surface area contributed by atoms with Crippen molar-refractivity contribution in [3.63, 3.8) is 0 Å². The molecule has 0 aromatic carbocycles. The van der Waals surface area contributed by atoms with Crippen LogP contribution in [0, 0.1) is 5.92 Å². The number of rotatable bonds is 7. The van der Waals surface area contributed by atoms with Crippen LogP contribution in [0.25, 0.3) is 0 Å². The zero-order valence-electron chi connectivity index (χ0n) is 9.18. The molecule has 2 N–H and O–H groups in total. The smallest absolute Gasteiger partial charge is 0.325 e. The van der Waals surface area contributed by atoms with Crippen LogP contribution in [0.4, 0.5) is 0 Å². The number of carbonyl (C=O) groups excluding carboxylic acids is 1. The van der Waals surface area contributed by atoms with Crippen molar-refractivity contribution in [2.75, 3.05) is 12.8 Å². The Balaban J connectivity index is 3.66. The van der Waals surface area contributed by atoms with Crippen molar-refractivity contribution in [2.24, 2.45) is 5.92 Å². The third kappa shape index (κ3) is 9.91. The summed E-state index contributed by atoms with van der Waals surface area (Å²) in [5.41, 5.74) is 0. The van der Waals surface area contributed by atoms with E-state index in [2.05, 4.69) is 0 Å². The Labute approximate surface area is 90.0 Å². The van der Waals surface area contributed by atoms with Gasteiger partial charge in [0.1, 0.15) is 0 Å². The van der Waals surface area contributed by atoms with Crippen LogP contribution >= 0.6 is 7.60 Å². The molecule has 0 fully saturated rings. The first-order valence-corrected chi connectivity index (χ1v) is 6.85. The van der Waals surface area contributed by atoms with Crippen molar-refractivity contribution in [3.8, 4) is 0 Å². The summed E-state index contributed by atoms with van der Waals surface area (Å²) < 4.78 is 15.5. The number of esters is 1. The molecule has 6 heteroatoms. The Kier molecular flexibility index (Phi) is 6.81. The van der Waals surface area contributed by atoms with Gasteiger partial charge in [0.2, 0.25) is 0 Å². The maximum Gasteiger partial charge on any atom is 0.325 e. The number of ether oxygens (including phenoxy) is 1. The predicted octanol–water partition coefficient (Wildman–Crippen LogP) is 1.53. The van der Waals surface area contributed by atoms with Crippen molar-refractivity contribution >= 4 is 13.6 Å². The molecule has 0 aliphatic carbocycles. The summed E-state index contributed by atoms with van der Waals surface area (Å²) in [6.45, 7) is 4.03. The first-order valence-electron chi connectivity index (χ1n) is 5.05. The zero-order valence-corrected chi connectivity index (χ0v) is 10.1. The minimum atomic E-state index is -3.96. The normalized spacial score (nSPS) is 13.6. The van der Waals surface area contributed by atoms with E-state index in [-0.39, 0.29) is 24.5 Å². The van der Waals surface area contributed by atoms with Crippen LogP contribution < -0.4 is 0 Å². The quantitative estimate of drug-likeness (QED) is 0.519. The molecular weight excluding hydrogens is 219 g/mol. The van der Waals surface area contributed by atoms with Crippen LogP contribution in [0.5, 0.6) is 0 Å². The van der Waals surface area contributed by atoms with E-state index in [1.807, 2.05) is 6.92 Å². The molecule has 0 bridgehead atoms. The van der Waals surface area contributed by atoms with Gasteiger partial charge in [-0.2, -0.15) is 0 Å². The van der Waals surface area contributed by atoms with Crippen LogP contribution in [-0.4, -0.2) is 28.5 Å². The monoisotopic (exact) mass is 238 g/mol. The van der Waals surface area contributed by atoms with E-state index >= 15 is 0 Å². The van der Waals surface area contributed by atoms with Gasteiger partial charge in [-0.05, 0) is 18.8 Å². The van der Waals surface area contributed by atoms with Crippen LogP contribution in [0.2, 0.25) is 0 Å². The van der Waals surface area contributed by atoms with Crippen LogP contribution in [-0.2, 0) is 14.1 Å². The van der Waals surface area contributed by atoms with Gasteiger partial charge < -0.3 is 14.5 Å². The summed E-state index contributed by atoms with van der Waals surface area (Å²) in [5, 5.41) is 0. The van der Waals surface area contributed by atoms with Crippen molar-refractivity contribution in [3.05, 3.63) is 0 Å². The second kappa shape index (κ2) is 6.99. The van der Waals surface area contributed by atoms with Crippen LogP contribution in [0.15, 0.2) is 0 Å². The van der Waals surface area contributed by atoms with Gasteiger partial charge in [0.15, 0.2) is 0 Å². The third-order valence-corrected chi connectivity index (χ3v) is 2.96. The van der Waals surface area contributed by atoms with Gasteiger partial charge in [0.25, 0.3) is 0 Å². The Morgan fingerprint density at radius 2 is 2.07 bits per heavy atom. The van der Waals surface area contributed by atoms with Crippen molar-refractivity contribution < 1.29 is 23.9 Å². The SMILES string of the molecule is CCCOC(=O)CCC(C)CP(=O)(O)O. The predicted molar refractivity (Wildman–Crippen MR) is 56.6 cm³/mol. The minimum Gasteiger partial charge on any atom is -0.466 e. The fraction of sp³-hybridized carbons (Fsp3) is 0.889. The topological polar surface area (TPSA) is 83.8 Å². The van der Waals surface area contributed by atoms with E-state index < -0.39 is 7.60 Å². The van der Waals surface area contributed by atoms with Gasteiger partial charge in [-0.3, -0.25) is 9.36 Å². The molecule has 0 aromatic rings. The Morgan fingerprint density at radius 3 is 2.53 bits per heavy atom. The summed E-state index contributed by atoms with van der Waals surface area (Å²) in [5.74, 6) is -0.463. The highest BCUT2D eigenvalue weighted by Gasteiger charge is 2.18. The second-order valence-corrected chi connectivity index (χ2v) is 5.41. The first kappa shape index (κ1) is 14.6. The average Bonchev–Trinajstić information content (AvgIpc) is 2.08. The maximum atomic E-state index is 11.1. The molecule has 90 valence electrons. The highest BCUT2D eigenvalue weighted by atomic mass is 31.2. The lowest BCUT2D eigenvalue weighted by atomic mass is 10.1. The molecule has 0 spiro atoms. The summed E-state index contributed by atoms with van der Waals surface area (Å²) in [6.07, 6.45) is 1.28. The van der Waals surface area contributed by atoms with Crippen molar-refractivity contribution in [1.29, 1.82) is 0 Å². The highest BCUT2D eigenvalue weighted by molar-refractivity contribution is 7.51. The standard InChI is InChI=1S/C9H19O5P/c1-3-6-14-9(10)5-4-8(2)7-15(11,12)13/h8H,3-7H2,1-2H3,(H2,11,12,13). The number of hydrogen-bond acceptors (Lipinski definition) is 3. The molecule has 0 saturated carbocycles. The largest absolute Gasteiger partial charge is 0.466 e. The zero-order chi connectivity index (χ0) is 11.9. The van der Waals surface area contributed by atoms with Crippen LogP contribution in [0.3, 0.4) is 0 Å². The molecule has 0 heterocycles. The van der Waals surface area contributed by atoms with E-state index in [0.29, 0.717) is 13.0 Å². The lowest BCUT2D eigenvalue weighted by molar-refractivity contribution is -0.143. The van der Waals surface area contributed by atoms with Gasteiger partial charge in [0.05, 0.1) is 12.8 Å². The van der Waals surface area contributed by atoms with Crippen molar-refractivity contribution in [1.82, 2.24) is 0 Å². The van der Waals surface area contributed by atoms with Gasteiger partial charge in [-0.25, -0.2) is 0 Å². The van der Waals surface area contributed by atoms with Gasteiger partial charge in [-0.15, -0.1) is 0 Å². The molecular formula is C9H19O5P. The Bertz CT molecular complexity index is 235. The Hall–Kier alpha value is -0.380. The molecule has 0 rings (SSSR count).